The average Bonchev–Trinajstić information content (AvgIpc) is 3.34. The van der Waals surface area contributed by atoms with Crippen molar-refractivity contribution in [3.63, 3.8) is 0 Å². The number of sulfonamides is 1. The molecule has 178 valence electrons. The number of nitrogens with one attached hydrogen (secondary N) is 1. The van der Waals surface area contributed by atoms with Crippen LogP contribution in [0.1, 0.15) is 38.4 Å². The Bertz CT molecular complexity index is 1280. The predicted molar refractivity (Wildman–Crippen MR) is 130 cm³/mol. The van der Waals surface area contributed by atoms with Crippen LogP contribution in [0.4, 0.5) is 0 Å². The summed E-state index contributed by atoms with van der Waals surface area (Å²) in [5.41, 5.74) is 1.95. The highest BCUT2D eigenvalue weighted by Gasteiger charge is 2.29. The summed E-state index contributed by atoms with van der Waals surface area (Å²) in [6.45, 7) is 3.24. The zero-order valence-corrected chi connectivity index (χ0v) is 20.2. The van der Waals surface area contributed by atoms with E-state index in [4.69, 9.17) is 5.11 Å². The minimum Gasteiger partial charge on any atom is -0.478 e. The van der Waals surface area contributed by atoms with E-state index < -0.39 is 16.0 Å². The first kappa shape index (κ1) is 24.1. The normalized spacial score (nSPS) is 15.2. The highest BCUT2D eigenvalue weighted by Crippen LogP contribution is 2.26. The van der Waals surface area contributed by atoms with Gasteiger partial charge in [0.05, 0.1) is 16.7 Å². The van der Waals surface area contributed by atoms with Gasteiger partial charge in [-0.25, -0.2) is 18.2 Å². The molecule has 8 nitrogen and oxygen atoms in total. The van der Waals surface area contributed by atoms with E-state index in [0.717, 1.165) is 11.1 Å². The summed E-state index contributed by atoms with van der Waals surface area (Å²) in [6, 6.07) is 13.2. The van der Waals surface area contributed by atoms with Gasteiger partial charge in [-0.2, -0.15) is 4.31 Å². The van der Waals surface area contributed by atoms with Gasteiger partial charge in [-0.1, -0.05) is 29.8 Å². The van der Waals surface area contributed by atoms with E-state index in [9.17, 15) is 18.0 Å². The number of aryl methyl sites for hydroxylation is 1. The molecule has 10 heteroatoms. The van der Waals surface area contributed by atoms with Crippen LogP contribution in [0.5, 0.6) is 0 Å². The molecule has 2 aromatic carbocycles. The molecule has 0 atom stereocenters. The summed E-state index contributed by atoms with van der Waals surface area (Å²) >= 11 is 1.24. The van der Waals surface area contributed by atoms with Gasteiger partial charge in [0, 0.05) is 25.2 Å². The first-order valence-corrected chi connectivity index (χ1v) is 13.1. The number of rotatable bonds is 7. The van der Waals surface area contributed by atoms with Crippen molar-refractivity contribution in [3.8, 4) is 10.6 Å². The molecule has 1 aliphatic rings. The van der Waals surface area contributed by atoms with Crippen molar-refractivity contribution in [2.45, 2.75) is 24.7 Å². The van der Waals surface area contributed by atoms with Crippen LogP contribution in [0.25, 0.3) is 10.6 Å². The number of aromatic carboxylic acids is 1. The number of carbonyl (C=O) groups excluding carboxylic acids is 1. The molecule has 0 radical (unpaired) electrons. The van der Waals surface area contributed by atoms with Gasteiger partial charge >= 0.3 is 5.97 Å². The molecule has 4 rings (SSSR count). The molecule has 3 aromatic rings. The summed E-state index contributed by atoms with van der Waals surface area (Å²) < 4.78 is 27.2. The lowest BCUT2D eigenvalue weighted by Gasteiger charge is -2.31. The molecule has 0 saturated carbocycles. The molecular weight excluding hydrogens is 474 g/mol. The van der Waals surface area contributed by atoms with E-state index in [1.807, 2.05) is 6.92 Å². The fourth-order valence-corrected chi connectivity index (χ4v) is 6.11. The number of hydrogen-bond donors (Lipinski definition) is 2. The smallest absolute Gasteiger partial charge is 0.335 e. The maximum absolute atomic E-state index is 12.8. The Balaban J connectivity index is 1.29. The average molecular weight is 500 g/mol. The van der Waals surface area contributed by atoms with Crippen molar-refractivity contribution >= 4 is 33.2 Å². The van der Waals surface area contributed by atoms with Gasteiger partial charge in [0.1, 0.15) is 9.88 Å². The maximum atomic E-state index is 12.8. The Labute approximate surface area is 202 Å². The zero-order chi connectivity index (χ0) is 24.3. The third kappa shape index (κ3) is 5.35. The van der Waals surface area contributed by atoms with Gasteiger partial charge < -0.3 is 10.4 Å². The second kappa shape index (κ2) is 10.0. The van der Waals surface area contributed by atoms with Gasteiger partial charge in [-0.05, 0) is 49.9 Å². The van der Waals surface area contributed by atoms with E-state index in [-0.39, 0.29) is 17.4 Å². The third-order valence-electron chi connectivity index (χ3n) is 5.89. The number of aromatic nitrogens is 1. The van der Waals surface area contributed by atoms with E-state index in [0.29, 0.717) is 47.3 Å². The predicted octanol–water partition coefficient (Wildman–Crippen LogP) is 3.65. The van der Waals surface area contributed by atoms with Gasteiger partial charge in [-0.3, -0.25) is 4.79 Å². The Morgan fingerprint density at radius 1 is 1.09 bits per heavy atom. The zero-order valence-electron chi connectivity index (χ0n) is 18.6. The van der Waals surface area contributed by atoms with Crippen molar-refractivity contribution in [1.29, 1.82) is 0 Å². The van der Waals surface area contributed by atoms with Crippen molar-refractivity contribution in [3.05, 3.63) is 70.7 Å². The molecule has 1 saturated heterocycles. The molecule has 34 heavy (non-hydrogen) atoms. The Hall–Kier alpha value is -3.08. The summed E-state index contributed by atoms with van der Waals surface area (Å²) in [4.78, 5) is 28.6. The fraction of sp³-hybridized carbons (Fsp3) is 0.292. The maximum Gasteiger partial charge on any atom is 0.335 e. The number of carboxylic acid groups (broad SMARTS) is 1. The van der Waals surface area contributed by atoms with Crippen LogP contribution in [0, 0.1) is 12.8 Å². The molecule has 0 bridgehead atoms. The van der Waals surface area contributed by atoms with E-state index in [1.165, 1.54) is 34.0 Å². The number of hydrogen-bond acceptors (Lipinski definition) is 6. The standard InChI is InChI=1S/C24H25N3O5S2/c1-16-2-8-20(9-3-16)34(31,32)27-12-10-17(11-13-27)14-25-22(28)21-15-26-23(33-21)18-4-6-19(7-5-18)24(29)30/h2-9,15,17H,10-14H2,1H3,(H,25,28)(H,29,30). The second-order valence-corrected chi connectivity index (χ2v) is 11.3. The lowest BCUT2D eigenvalue weighted by Crippen LogP contribution is -2.41. The highest BCUT2D eigenvalue weighted by atomic mass is 32.2. The number of benzene rings is 2. The summed E-state index contributed by atoms with van der Waals surface area (Å²) in [5, 5.41) is 12.6. The minimum absolute atomic E-state index is 0.191. The largest absolute Gasteiger partial charge is 0.478 e. The lowest BCUT2D eigenvalue weighted by atomic mass is 9.98. The van der Waals surface area contributed by atoms with Crippen LogP contribution in [0.15, 0.2) is 59.6 Å². The fourth-order valence-electron chi connectivity index (χ4n) is 3.81. The topological polar surface area (TPSA) is 117 Å². The lowest BCUT2D eigenvalue weighted by molar-refractivity contribution is 0.0696. The van der Waals surface area contributed by atoms with Crippen molar-refractivity contribution < 1.29 is 23.1 Å². The van der Waals surface area contributed by atoms with Crippen molar-refractivity contribution in [2.75, 3.05) is 19.6 Å². The SMILES string of the molecule is Cc1ccc(S(=O)(=O)N2CCC(CNC(=O)c3cnc(-c4ccc(C(=O)O)cc4)s3)CC2)cc1. The molecular formula is C24H25N3O5S2. The van der Waals surface area contributed by atoms with Crippen molar-refractivity contribution in [1.82, 2.24) is 14.6 Å². The quantitative estimate of drug-likeness (QED) is 0.513. The van der Waals surface area contributed by atoms with Crippen LogP contribution < -0.4 is 5.32 Å². The van der Waals surface area contributed by atoms with Crippen LogP contribution in [-0.2, 0) is 10.0 Å². The molecule has 1 aliphatic heterocycles. The first-order chi connectivity index (χ1) is 16.2. The Kier molecular flexibility index (Phi) is 7.11. The van der Waals surface area contributed by atoms with Gasteiger partial charge in [-0.15, -0.1) is 11.3 Å². The summed E-state index contributed by atoms with van der Waals surface area (Å²) in [5.74, 6) is -1.02. The molecule has 1 aromatic heterocycles. The monoisotopic (exact) mass is 499 g/mol. The number of nitrogens with zero attached hydrogens (tertiary/aromatic N) is 2. The van der Waals surface area contributed by atoms with E-state index in [1.54, 1.807) is 36.4 Å². The van der Waals surface area contributed by atoms with Crippen molar-refractivity contribution in [2.24, 2.45) is 5.92 Å². The Morgan fingerprint density at radius 2 is 1.74 bits per heavy atom. The number of carboxylic acids is 1. The van der Waals surface area contributed by atoms with Gasteiger partial charge in [0.15, 0.2) is 0 Å². The molecule has 2 heterocycles. The summed E-state index contributed by atoms with van der Waals surface area (Å²) in [7, 11) is -3.50. The van der Waals surface area contributed by atoms with Crippen LogP contribution >= 0.6 is 11.3 Å². The summed E-state index contributed by atoms with van der Waals surface area (Å²) in [6.07, 6.45) is 2.86. The minimum atomic E-state index is -3.50. The van der Waals surface area contributed by atoms with Gasteiger partial charge in [0.2, 0.25) is 10.0 Å². The number of carbonyl (C=O) groups is 2. The van der Waals surface area contributed by atoms with Crippen LogP contribution in [0.2, 0.25) is 0 Å². The number of thiazole rings is 1. The van der Waals surface area contributed by atoms with Crippen LogP contribution in [-0.4, -0.2) is 54.3 Å². The van der Waals surface area contributed by atoms with Crippen LogP contribution in [0.3, 0.4) is 0 Å². The van der Waals surface area contributed by atoms with Gasteiger partial charge in [0.25, 0.3) is 5.91 Å². The number of piperidine rings is 1. The number of amides is 1. The van der Waals surface area contributed by atoms with E-state index >= 15 is 0 Å². The molecule has 1 amide bonds. The molecule has 0 aliphatic carbocycles. The first-order valence-electron chi connectivity index (χ1n) is 10.9. The second-order valence-electron chi connectivity index (χ2n) is 8.28. The molecule has 0 unspecified atom stereocenters. The Morgan fingerprint density at radius 3 is 2.35 bits per heavy atom. The molecule has 1 fully saturated rings. The highest BCUT2D eigenvalue weighted by molar-refractivity contribution is 7.89. The van der Waals surface area contributed by atoms with E-state index in [2.05, 4.69) is 10.3 Å². The molecule has 2 N–H and O–H groups in total. The third-order valence-corrected chi connectivity index (χ3v) is 8.85. The molecule has 0 spiro atoms.